The second-order valence-corrected chi connectivity index (χ2v) is 10.5. The normalized spacial score (nSPS) is 13.3. The number of hydrogen-bond acceptors (Lipinski definition) is 6. The van der Waals surface area contributed by atoms with Crippen LogP contribution in [0.4, 0.5) is 20.2 Å². The number of thioether (sulfide) groups is 2. The molecule has 200 valence electrons. The summed E-state index contributed by atoms with van der Waals surface area (Å²) in [5.74, 6) is -0.0149. The first-order valence-corrected chi connectivity index (χ1v) is 14.2. The molecule has 0 atom stereocenters. The molecule has 2 amide bonds. The lowest BCUT2D eigenvalue weighted by atomic mass is 10.2. The first-order valence-electron chi connectivity index (χ1n) is 12.2. The van der Waals surface area contributed by atoms with Crippen LogP contribution in [-0.4, -0.2) is 22.1 Å². The van der Waals surface area contributed by atoms with Crippen LogP contribution in [0.2, 0.25) is 0 Å². The van der Waals surface area contributed by atoms with Gasteiger partial charge in [-0.2, -0.15) is 0 Å². The first-order chi connectivity index (χ1) is 19.5. The number of aliphatic imine (C=N–C) groups is 2. The number of fused-ring (bicyclic) bond motifs is 2. The molecule has 6 nitrogen and oxygen atoms in total. The molecule has 10 heteroatoms. The fourth-order valence-electron chi connectivity index (χ4n) is 3.81. The first kappa shape index (κ1) is 27.3. The zero-order chi connectivity index (χ0) is 27.9. The lowest BCUT2D eigenvalue weighted by Crippen LogP contribution is -2.29. The van der Waals surface area contributed by atoms with E-state index in [-0.39, 0.29) is 23.4 Å². The van der Waals surface area contributed by atoms with E-state index < -0.39 is 0 Å². The van der Waals surface area contributed by atoms with E-state index in [4.69, 9.17) is 0 Å². The summed E-state index contributed by atoms with van der Waals surface area (Å²) in [7, 11) is 0. The molecule has 0 bridgehead atoms. The van der Waals surface area contributed by atoms with E-state index in [1.54, 1.807) is 60.7 Å². The number of nitrogens with zero attached hydrogens (tertiary/aromatic N) is 2. The van der Waals surface area contributed by atoms with Crippen LogP contribution in [0.5, 0.6) is 0 Å². The van der Waals surface area contributed by atoms with Crippen molar-refractivity contribution in [3.8, 4) is 0 Å². The van der Waals surface area contributed by atoms with E-state index in [1.165, 1.54) is 35.7 Å². The molecule has 0 aromatic heterocycles. The SMILES string of the molecule is O=C(NC1=Nc2c(F)cccc2CS1)c1ccccc1.O=C(NC1=Nc2c(F)cccc2CS1)c1ccccc1. The van der Waals surface area contributed by atoms with Crippen LogP contribution in [-0.2, 0) is 11.5 Å². The van der Waals surface area contributed by atoms with Gasteiger partial charge in [0.05, 0.1) is 0 Å². The van der Waals surface area contributed by atoms with Gasteiger partial charge < -0.3 is 10.6 Å². The van der Waals surface area contributed by atoms with Crippen molar-refractivity contribution in [2.24, 2.45) is 9.98 Å². The number of para-hydroxylation sites is 2. The number of nitrogens with one attached hydrogen (secondary N) is 2. The molecule has 2 N–H and O–H groups in total. The number of carbonyl (C=O) groups is 2. The Balaban J connectivity index is 0.000000161. The average molecular weight is 573 g/mol. The van der Waals surface area contributed by atoms with Crippen LogP contribution in [0.3, 0.4) is 0 Å². The third-order valence-electron chi connectivity index (χ3n) is 5.81. The van der Waals surface area contributed by atoms with Crippen LogP contribution < -0.4 is 10.6 Å². The van der Waals surface area contributed by atoms with Crippen LogP contribution in [0.1, 0.15) is 31.8 Å². The van der Waals surface area contributed by atoms with Crippen LogP contribution in [0.25, 0.3) is 0 Å². The van der Waals surface area contributed by atoms with Gasteiger partial charge in [0, 0.05) is 22.6 Å². The predicted octanol–water partition coefficient (Wildman–Crippen LogP) is 6.98. The Hall–Kier alpha value is -4.28. The molecule has 0 saturated carbocycles. The van der Waals surface area contributed by atoms with Crippen LogP contribution in [0.15, 0.2) is 107 Å². The number of halogens is 2. The van der Waals surface area contributed by atoms with E-state index >= 15 is 0 Å². The number of carbonyl (C=O) groups excluding carboxylic acids is 2. The number of amidine groups is 2. The summed E-state index contributed by atoms with van der Waals surface area (Å²) < 4.78 is 27.4. The molecule has 0 fully saturated rings. The molecule has 6 rings (SSSR count). The lowest BCUT2D eigenvalue weighted by molar-refractivity contribution is 0.0969. The van der Waals surface area contributed by atoms with E-state index in [9.17, 15) is 18.4 Å². The molecule has 0 aliphatic carbocycles. The lowest BCUT2D eigenvalue weighted by Gasteiger charge is -2.15. The summed E-state index contributed by atoms with van der Waals surface area (Å²) in [6, 6.07) is 27.5. The van der Waals surface area contributed by atoms with Gasteiger partial charge in [0.2, 0.25) is 0 Å². The zero-order valence-corrected chi connectivity index (χ0v) is 22.6. The number of hydrogen-bond donors (Lipinski definition) is 2. The Kier molecular flexibility index (Phi) is 8.68. The fourth-order valence-corrected chi connectivity index (χ4v) is 5.50. The fraction of sp³-hybridized carbons (Fsp3) is 0.0667. The van der Waals surface area contributed by atoms with Gasteiger partial charge in [-0.25, -0.2) is 18.8 Å². The zero-order valence-electron chi connectivity index (χ0n) is 20.9. The predicted molar refractivity (Wildman–Crippen MR) is 157 cm³/mol. The van der Waals surface area contributed by atoms with Crippen LogP contribution >= 0.6 is 23.5 Å². The molecule has 0 saturated heterocycles. The largest absolute Gasteiger partial charge is 0.301 e. The Bertz CT molecular complexity index is 1490. The molecule has 2 aliphatic heterocycles. The molecule has 0 spiro atoms. The maximum absolute atomic E-state index is 13.7. The minimum atomic E-state index is -0.366. The van der Waals surface area contributed by atoms with Gasteiger partial charge in [-0.3, -0.25) is 9.59 Å². The Morgan fingerprint density at radius 3 is 1.38 bits per heavy atom. The molecule has 0 radical (unpaired) electrons. The van der Waals surface area contributed by atoms with Crippen molar-refractivity contribution in [1.29, 1.82) is 0 Å². The smallest absolute Gasteiger partial charge is 0.257 e. The van der Waals surface area contributed by atoms with Gasteiger partial charge >= 0.3 is 0 Å². The second-order valence-electron chi connectivity index (χ2n) is 8.55. The third-order valence-corrected chi connectivity index (χ3v) is 7.65. The molecule has 0 unspecified atom stereocenters. The highest BCUT2D eigenvalue weighted by molar-refractivity contribution is 8.13. The molecule has 40 heavy (non-hydrogen) atoms. The highest BCUT2D eigenvalue weighted by atomic mass is 32.2. The standard InChI is InChI=1S/2C15H11FN2OS/c2*16-12-8-4-7-11-9-20-15(17-13(11)12)18-14(19)10-5-2-1-3-6-10/h2*1-8H,9H2,(H,17,18,19). The molecular weight excluding hydrogens is 550 g/mol. The summed E-state index contributed by atoms with van der Waals surface area (Å²) in [5, 5.41) is 6.28. The topological polar surface area (TPSA) is 82.9 Å². The third kappa shape index (κ3) is 6.64. The molecule has 4 aromatic carbocycles. The van der Waals surface area contributed by atoms with Crippen molar-refractivity contribution >= 4 is 57.0 Å². The number of rotatable bonds is 2. The molecule has 2 aliphatic rings. The van der Waals surface area contributed by atoms with Crippen molar-refractivity contribution in [3.05, 3.63) is 131 Å². The average Bonchev–Trinajstić information content (AvgIpc) is 2.99. The summed E-state index contributed by atoms with van der Waals surface area (Å²) in [6.45, 7) is 0. The van der Waals surface area contributed by atoms with E-state index in [1.807, 2.05) is 24.3 Å². The summed E-state index contributed by atoms with van der Waals surface area (Å²) in [6.07, 6.45) is 0. The maximum atomic E-state index is 13.7. The van der Waals surface area contributed by atoms with E-state index in [0.29, 0.717) is 44.3 Å². The minimum absolute atomic E-state index is 0.239. The summed E-state index contributed by atoms with van der Waals surface area (Å²) in [4.78, 5) is 32.4. The van der Waals surface area contributed by atoms with Crippen LogP contribution in [0, 0.1) is 11.6 Å². The van der Waals surface area contributed by atoms with E-state index in [0.717, 1.165) is 11.1 Å². The molecular formula is C30H22F2N4O2S2. The highest BCUT2D eigenvalue weighted by Gasteiger charge is 2.19. The number of benzene rings is 4. The van der Waals surface area contributed by atoms with Gasteiger partial charge in [-0.1, -0.05) is 84.2 Å². The summed E-state index contributed by atoms with van der Waals surface area (Å²) in [5.41, 5.74) is 3.41. The van der Waals surface area contributed by atoms with Crippen molar-refractivity contribution < 1.29 is 18.4 Å². The molecule has 4 aromatic rings. The number of amides is 2. The van der Waals surface area contributed by atoms with Gasteiger partial charge in [0.15, 0.2) is 10.3 Å². The second kappa shape index (κ2) is 12.7. The van der Waals surface area contributed by atoms with Crippen molar-refractivity contribution in [2.45, 2.75) is 11.5 Å². The summed E-state index contributed by atoms with van der Waals surface area (Å²) >= 11 is 2.78. The van der Waals surface area contributed by atoms with Gasteiger partial charge in [-0.05, 0) is 47.5 Å². The quantitative estimate of drug-likeness (QED) is 0.272. The van der Waals surface area contributed by atoms with Crippen molar-refractivity contribution in [3.63, 3.8) is 0 Å². The van der Waals surface area contributed by atoms with E-state index in [2.05, 4.69) is 20.6 Å². The van der Waals surface area contributed by atoms with Crippen molar-refractivity contribution in [1.82, 2.24) is 10.6 Å². The Morgan fingerprint density at radius 1 is 0.575 bits per heavy atom. The van der Waals surface area contributed by atoms with Gasteiger partial charge in [0.1, 0.15) is 23.0 Å². The maximum Gasteiger partial charge on any atom is 0.257 e. The Morgan fingerprint density at radius 2 is 0.975 bits per heavy atom. The monoisotopic (exact) mass is 572 g/mol. The highest BCUT2D eigenvalue weighted by Crippen LogP contribution is 2.33. The van der Waals surface area contributed by atoms with Gasteiger partial charge in [0.25, 0.3) is 11.8 Å². The molecule has 2 heterocycles. The minimum Gasteiger partial charge on any atom is -0.301 e. The Labute approximate surface area is 238 Å². The van der Waals surface area contributed by atoms with Crippen molar-refractivity contribution in [2.75, 3.05) is 0 Å². The van der Waals surface area contributed by atoms with Gasteiger partial charge in [-0.15, -0.1) is 0 Å².